The highest BCUT2D eigenvalue weighted by atomic mass is 16.5. The van der Waals surface area contributed by atoms with Crippen molar-refractivity contribution in [2.45, 2.75) is 25.4 Å². The molecule has 8 heteroatoms. The highest BCUT2D eigenvalue weighted by Gasteiger charge is 2.49. The molecule has 2 fully saturated rings. The summed E-state index contributed by atoms with van der Waals surface area (Å²) in [6, 6.07) is 13.8. The number of aromatic nitrogens is 2. The fourth-order valence-corrected chi connectivity index (χ4v) is 5.11. The first-order valence-corrected chi connectivity index (χ1v) is 11.9. The molecule has 0 radical (unpaired) electrons. The van der Waals surface area contributed by atoms with Crippen LogP contribution in [0.15, 0.2) is 48.8 Å². The maximum Gasteiger partial charge on any atom is 0.141 e. The van der Waals surface area contributed by atoms with Gasteiger partial charge in [-0.3, -0.25) is 4.98 Å². The maximum atomic E-state index is 9.17. The maximum absolute atomic E-state index is 9.17. The van der Waals surface area contributed by atoms with Gasteiger partial charge >= 0.3 is 0 Å². The zero-order valence-corrected chi connectivity index (χ0v) is 19.3. The molecular formula is C27H26N6O2. The highest BCUT2D eigenvalue weighted by Crippen LogP contribution is 2.40. The number of aryl methyl sites for hydroxylation is 1. The number of hydrogen-bond acceptors (Lipinski definition) is 8. The molecule has 35 heavy (non-hydrogen) atoms. The van der Waals surface area contributed by atoms with E-state index in [4.69, 9.17) is 14.9 Å². The number of rotatable bonds is 6. The van der Waals surface area contributed by atoms with Crippen molar-refractivity contribution in [3.8, 4) is 11.8 Å². The molecule has 4 heterocycles. The molecule has 8 nitrogen and oxygen atoms in total. The minimum atomic E-state index is -0.160. The van der Waals surface area contributed by atoms with Crippen LogP contribution in [-0.2, 0) is 11.2 Å². The lowest BCUT2D eigenvalue weighted by molar-refractivity contribution is -0.127. The van der Waals surface area contributed by atoms with E-state index in [9.17, 15) is 5.26 Å². The third kappa shape index (κ3) is 4.08. The average Bonchev–Trinajstić information content (AvgIpc) is 2.83. The zero-order chi connectivity index (χ0) is 23.8. The minimum absolute atomic E-state index is 0.160. The lowest BCUT2D eigenvalue weighted by Gasteiger charge is -2.55. The summed E-state index contributed by atoms with van der Waals surface area (Å²) in [5, 5.41) is 20.4. The van der Waals surface area contributed by atoms with Crippen LogP contribution in [0, 0.1) is 22.2 Å². The van der Waals surface area contributed by atoms with E-state index in [0.29, 0.717) is 16.7 Å². The fourth-order valence-electron chi connectivity index (χ4n) is 5.11. The Hall–Kier alpha value is -3.96. The molecule has 2 saturated heterocycles. The number of hydrogen-bond donors (Lipinski definition) is 2. The molecule has 2 aromatic heterocycles. The molecule has 0 unspecified atom stereocenters. The van der Waals surface area contributed by atoms with Crippen LogP contribution in [-0.4, -0.2) is 42.5 Å². The van der Waals surface area contributed by atoms with Crippen LogP contribution in [0.4, 0.5) is 17.2 Å². The molecule has 0 amide bonds. The summed E-state index contributed by atoms with van der Waals surface area (Å²) >= 11 is 0. The molecular weight excluding hydrogens is 440 g/mol. The molecule has 6 rings (SSSR count). The summed E-state index contributed by atoms with van der Waals surface area (Å²) in [4.78, 5) is 11.4. The SMILES string of the molecule is N#Cc1cnc2c(c1)CCC[C@@H]2Oc1ccc(C=N)c(Nc2ccc(N3CC4(COC4)C3)nc2)c1. The Bertz CT molecular complexity index is 1300. The van der Waals surface area contributed by atoms with E-state index in [-0.39, 0.29) is 6.10 Å². The second-order valence-corrected chi connectivity index (χ2v) is 9.65. The van der Waals surface area contributed by atoms with Crippen molar-refractivity contribution in [1.29, 1.82) is 10.7 Å². The van der Waals surface area contributed by atoms with Gasteiger partial charge in [0, 0.05) is 37.1 Å². The Morgan fingerprint density at radius 2 is 2.06 bits per heavy atom. The van der Waals surface area contributed by atoms with Gasteiger partial charge in [-0.2, -0.15) is 5.26 Å². The van der Waals surface area contributed by atoms with Crippen LogP contribution >= 0.6 is 0 Å². The number of nitrogens with zero attached hydrogens (tertiary/aromatic N) is 4. The molecule has 1 aliphatic carbocycles. The van der Waals surface area contributed by atoms with Gasteiger partial charge in [0.15, 0.2) is 0 Å². The molecule has 1 spiro atoms. The van der Waals surface area contributed by atoms with Crippen LogP contribution in [0.1, 0.15) is 41.3 Å². The number of nitriles is 1. The summed E-state index contributed by atoms with van der Waals surface area (Å²) in [5.41, 5.74) is 5.31. The second-order valence-electron chi connectivity index (χ2n) is 9.65. The topological polar surface area (TPSA) is 107 Å². The van der Waals surface area contributed by atoms with Crippen LogP contribution < -0.4 is 15.0 Å². The van der Waals surface area contributed by atoms with Crippen molar-refractivity contribution in [2.24, 2.45) is 5.41 Å². The van der Waals surface area contributed by atoms with Gasteiger partial charge in [0.2, 0.25) is 0 Å². The monoisotopic (exact) mass is 466 g/mol. The quantitative estimate of drug-likeness (QED) is 0.519. The Morgan fingerprint density at radius 3 is 2.77 bits per heavy atom. The number of anilines is 3. The smallest absolute Gasteiger partial charge is 0.141 e. The predicted molar refractivity (Wildman–Crippen MR) is 133 cm³/mol. The first-order chi connectivity index (χ1) is 17.1. The lowest BCUT2D eigenvalue weighted by Crippen LogP contribution is -2.66. The first-order valence-electron chi connectivity index (χ1n) is 11.9. The van der Waals surface area contributed by atoms with Crippen molar-refractivity contribution in [3.05, 3.63) is 71.2 Å². The standard InChI is InChI=1S/C27H26N6O2/c28-10-18-8-19-2-1-3-24(26(19)31-12-18)35-22-6-4-20(11-29)23(9-22)32-21-5-7-25(30-13-21)33-14-27(15-33)16-34-17-27/h4-9,11-13,24,29,32H,1-3,14-17H2/t24-/m0/s1. The number of benzene rings is 1. The predicted octanol–water partition coefficient (Wildman–Crippen LogP) is 4.38. The fraction of sp³-hybridized carbons (Fsp3) is 0.333. The van der Waals surface area contributed by atoms with E-state index in [1.54, 1.807) is 6.20 Å². The van der Waals surface area contributed by atoms with Crippen LogP contribution in [0.25, 0.3) is 0 Å². The first kappa shape index (κ1) is 21.6. The summed E-state index contributed by atoms with van der Waals surface area (Å²) in [6.07, 6.45) is 7.38. The minimum Gasteiger partial charge on any atom is -0.484 e. The van der Waals surface area contributed by atoms with Gasteiger partial charge in [0.25, 0.3) is 0 Å². The molecule has 1 atom stereocenters. The van der Waals surface area contributed by atoms with E-state index in [2.05, 4.69) is 26.3 Å². The molecule has 1 aromatic carbocycles. The van der Waals surface area contributed by atoms with Gasteiger partial charge in [0.1, 0.15) is 23.7 Å². The van der Waals surface area contributed by atoms with Crippen molar-refractivity contribution in [2.75, 3.05) is 36.5 Å². The van der Waals surface area contributed by atoms with Gasteiger partial charge in [-0.25, -0.2) is 4.98 Å². The van der Waals surface area contributed by atoms with Crippen LogP contribution in [0.3, 0.4) is 0 Å². The second kappa shape index (κ2) is 8.67. The molecule has 3 aromatic rings. The highest BCUT2D eigenvalue weighted by molar-refractivity contribution is 5.88. The van der Waals surface area contributed by atoms with Gasteiger partial charge in [0.05, 0.1) is 47.5 Å². The molecule has 2 N–H and O–H groups in total. The average molecular weight is 467 g/mol. The number of pyridine rings is 2. The third-order valence-corrected chi connectivity index (χ3v) is 7.03. The van der Waals surface area contributed by atoms with Gasteiger partial charge < -0.3 is 25.1 Å². The van der Waals surface area contributed by atoms with Gasteiger partial charge in [-0.05, 0) is 55.2 Å². The summed E-state index contributed by atoms with van der Waals surface area (Å²) in [6.45, 7) is 3.72. The normalized spacial score (nSPS) is 19.6. The zero-order valence-electron chi connectivity index (χ0n) is 19.3. The third-order valence-electron chi connectivity index (χ3n) is 7.03. The Labute approximate surface area is 204 Å². The van der Waals surface area contributed by atoms with Crippen molar-refractivity contribution in [1.82, 2.24) is 9.97 Å². The number of fused-ring (bicyclic) bond motifs is 1. The molecule has 2 aliphatic heterocycles. The Kier molecular flexibility index (Phi) is 5.34. The molecule has 176 valence electrons. The van der Waals surface area contributed by atoms with Crippen LogP contribution in [0.2, 0.25) is 0 Å². The van der Waals surface area contributed by atoms with Gasteiger partial charge in [-0.1, -0.05) is 0 Å². The summed E-state index contributed by atoms with van der Waals surface area (Å²) in [7, 11) is 0. The summed E-state index contributed by atoms with van der Waals surface area (Å²) in [5.74, 6) is 1.68. The largest absolute Gasteiger partial charge is 0.484 e. The summed E-state index contributed by atoms with van der Waals surface area (Å²) < 4.78 is 11.7. The van der Waals surface area contributed by atoms with E-state index in [1.165, 1.54) is 6.21 Å². The van der Waals surface area contributed by atoms with E-state index >= 15 is 0 Å². The molecule has 0 saturated carbocycles. The van der Waals surface area contributed by atoms with Crippen molar-refractivity contribution < 1.29 is 9.47 Å². The van der Waals surface area contributed by atoms with Crippen LogP contribution in [0.5, 0.6) is 5.75 Å². The van der Waals surface area contributed by atoms with Crippen molar-refractivity contribution in [3.63, 3.8) is 0 Å². The van der Waals surface area contributed by atoms with E-state index in [0.717, 1.165) is 79.6 Å². The van der Waals surface area contributed by atoms with E-state index < -0.39 is 0 Å². The number of ether oxygens (including phenoxy) is 2. The molecule has 0 bridgehead atoms. The van der Waals surface area contributed by atoms with Gasteiger partial charge in [-0.15, -0.1) is 0 Å². The Morgan fingerprint density at radius 1 is 1.17 bits per heavy atom. The molecule has 3 aliphatic rings. The number of nitrogens with one attached hydrogen (secondary N) is 2. The van der Waals surface area contributed by atoms with Crippen molar-refractivity contribution >= 4 is 23.4 Å². The Balaban J connectivity index is 1.17. The lowest BCUT2D eigenvalue weighted by atomic mass is 9.78. The van der Waals surface area contributed by atoms with E-state index in [1.807, 2.05) is 42.6 Å².